The monoisotopic (exact) mass is 227 g/mol. The fraction of sp³-hybridized carbons (Fsp3) is 0.214. The Hall–Kier alpha value is -1.87. The Morgan fingerprint density at radius 3 is 2.65 bits per heavy atom. The number of aryl methyl sites for hydroxylation is 1. The lowest BCUT2D eigenvalue weighted by Gasteiger charge is -2.14. The summed E-state index contributed by atoms with van der Waals surface area (Å²) >= 11 is 0. The van der Waals surface area contributed by atoms with Gasteiger partial charge in [0, 0.05) is 18.8 Å². The summed E-state index contributed by atoms with van der Waals surface area (Å²) in [6.45, 7) is 2.71. The van der Waals surface area contributed by atoms with Crippen molar-refractivity contribution in [3.63, 3.8) is 0 Å². The minimum atomic E-state index is -0.0161. The number of nitrogens with zero attached hydrogens (tertiary/aromatic N) is 1. The van der Waals surface area contributed by atoms with Crippen molar-refractivity contribution in [3.8, 4) is 0 Å². The van der Waals surface area contributed by atoms with E-state index in [2.05, 4.69) is 10.3 Å². The van der Waals surface area contributed by atoms with Gasteiger partial charge in [0.1, 0.15) is 5.82 Å². The molecule has 0 fully saturated rings. The zero-order chi connectivity index (χ0) is 12.1. The van der Waals surface area contributed by atoms with Gasteiger partial charge in [0.15, 0.2) is 0 Å². The summed E-state index contributed by atoms with van der Waals surface area (Å²) < 4.78 is 0. The first kappa shape index (κ1) is 11.6. The van der Waals surface area contributed by atoms with Crippen LogP contribution in [0.3, 0.4) is 0 Å². The van der Waals surface area contributed by atoms with Gasteiger partial charge in [0.2, 0.25) is 0 Å². The molecule has 0 saturated heterocycles. The number of rotatable bonds is 4. The molecule has 1 aromatic heterocycles. The van der Waals surface area contributed by atoms with E-state index in [0.29, 0.717) is 6.54 Å². The average Bonchev–Trinajstić information content (AvgIpc) is 2.38. The predicted molar refractivity (Wildman–Crippen MR) is 70.8 cm³/mol. The Bertz CT molecular complexity index is 468. The highest BCUT2D eigenvalue weighted by Gasteiger charge is 2.05. The Balaban J connectivity index is 1.97. The topological polar surface area (TPSA) is 50.9 Å². The third-order valence-electron chi connectivity index (χ3n) is 2.73. The zero-order valence-corrected chi connectivity index (χ0v) is 9.93. The number of anilines is 1. The Morgan fingerprint density at radius 1 is 1.18 bits per heavy atom. The van der Waals surface area contributed by atoms with Crippen molar-refractivity contribution in [2.24, 2.45) is 5.73 Å². The highest BCUT2D eigenvalue weighted by molar-refractivity contribution is 5.42. The zero-order valence-electron chi connectivity index (χ0n) is 9.93. The fourth-order valence-corrected chi connectivity index (χ4v) is 1.70. The van der Waals surface area contributed by atoms with E-state index in [4.69, 9.17) is 5.73 Å². The molecule has 3 N–H and O–H groups in total. The molecule has 88 valence electrons. The first-order valence-electron chi connectivity index (χ1n) is 5.73. The van der Waals surface area contributed by atoms with Crippen LogP contribution in [0.1, 0.15) is 17.2 Å². The van der Waals surface area contributed by atoms with Crippen LogP contribution < -0.4 is 11.1 Å². The van der Waals surface area contributed by atoms with E-state index in [-0.39, 0.29) is 6.04 Å². The Morgan fingerprint density at radius 2 is 1.94 bits per heavy atom. The van der Waals surface area contributed by atoms with Crippen molar-refractivity contribution >= 4 is 5.82 Å². The molecule has 1 heterocycles. The molecule has 2 rings (SSSR count). The summed E-state index contributed by atoms with van der Waals surface area (Å²) in [6.07, 6.45) is 1.78. The van der Waals surface area contributed by atoms with Gasteiger partial charge in [-0.25, -0.2) is 4.98 Å². The molecule has 2 aromatic rings. The number of nitrogens with one attached hydrogen (secondary N) is 1. The van der Waals surface area contributed by atoms with E-state index in [9.17, 15) is 0 Å². The summed E-state index contributed by atoms with van der Waals surface area (Å²) in [5.74, 6) is 0.902. The summed E-state index contributed by atoms with van der Waals surface area (Å²) in [7, 11) is 0. The highest BCUT2D eigenvalue weighted by Crippen LogP contribution is 2.13. The van der Waals surface area contributed by atoms with Gasteiger partial charge in [0.05, 0.1) is 0 Å². The minimum Gasteiger partial charge on any atom is -0.368 e. The molecule has 3 nitrogen and oxygen atoms in total. The van der Waals surface area contributed by atoms with Gasteiger partial charge in [-0.05, 0) is 24.1 Å². The van der Waals surface area contributed by atoms with Gasteiger partial charge >= 0.3 is 0 Å². The van der Waals surface area contributed by atoms with Crippen LogP contribution in [0.25, 0.3) is 0 Å². The molecule has 1 unspecified atom stereocenters. The van der Waals surface area contributed by atoms with Gasteiger partial charge in [-0.2, -0.15) is 0 Å². The molecule has 0 aliphatic rings. The fourth-order valence-electron chi connectivity index (χ4n) is 1.70. The lowest BCUT2D eigenvalue weighted by molar-refractivity contribution is 0.761. The van der Waals surface area contributed by atoms with Gasteiger partial charge in [0.25, 0.3) is 0 Å². The average molecular weight is 227 g/mol. The van der Waals surface area contributed by atoms with Crippen LogP contribution in [0.15, 0.2) is 48.7 Å². The van der Waals surface area contributed by atoms with Crippen molar-refractivity contribution in [1.29, 1.82) is 0 Å². The van der Waals surface area contributed by atoms with Gasteiger partial charge < -0.3 is 11.1 Å². The standard InChI is InChI=1S/C14H17N3/c1-11-6-5-9-16-14(11)17-10-13(15)12-7-3-2-4-8-12/h2-9,13H,10,15H2,1H3,(H,16,17). The third-order valence-corrected chi connectivity index (χ3v) is 2.73. The SMILES string of the molecule is Cc1cccnc1NCC(N)c1ccccc1. The largest absolute Gasteiger partial charge is 0.368 e. The minimum absolute atomic E-state index is 0.0161. The van der Waals surface area contributed by atoms with Crippen LogP contribution in [0.2, 0.25) is 0 Å². The Labute approximate surface area is 102 Å². The van der Waals surface area contributed by atoms with Crippen molar-refractivity contribution in [2.75, 3.05) is 11.9 Å². The number of aromatic nitrogens is 1. The maximum Gasteiger partial charge on any atom is 0.128 e. The van der Waals surface area contributed by atoms with Gasteiger partial charge in [-0.1, -0.05) is 36.4 Å². The quantitative estimate of drug-likeness (QED) is 0.843. The van der Waals surface area contributed by atoms with Crippen molar-refractivity contribution < 1.29 is 0 Å². The molecule has 0 saturated carbocycles. The first-order valence-corrected chi connectivity index (χ1v) is 5.73. The molecule has 3 heteroatoms. The van der Waals surface area contributed by atoms with Crippen LogP contribution in [-0.2, 0) is 0 Å². The number of hydrogen-bond acceptors (Lipinski definition) is 3. The summed E-state index contributed by atoms with van der Waals surface area (Å²) in [6, 6.07) is 14.0. The lowest BCUT2D eigenvalue weighted by Crippen LogP contribution is -2.21. The smallest absolute Gasteiger partial charge is 0.128 e. The third kappa shape index (κ3) is 3.04. The first-order chi connectivity index (χ1) is 8.27. The summed E-state index contributed by atoms with van der Waals surface area (Å²) in [4.78, 5) is 4.28. The molecule has 0 bridgehead atoms. The van der Waals surface area contributed by atoms with E-state index in [0.717, 1.165) is 16.9 Å². The van der Waals surface area contributed by atoms with Crippen LogP contribution in [0.5, 0.6) is 0 Å². The van der Waals surface area contributed by atoms with Crippen molar-refractivity contribution in [1.82, 2.24) is 4.98 Å². The predicted octanol–water partition coefficient (Wildman–Crippen LogP) is 2.50. The Kier molecular flexibility index (Phi) is 3.73. The maximum absolute atomic E-state index is 6.10. The molecular formula is C14H17N3. The van der Waals surface area contributed by atoms with Crippen LogP contribution in [0.4, 0.5) is 5.82 Å². The molecule has 0 amide bonds. The molecule has 0 aliphatic carbocycles. The second-order valence-electron chi connectivity index (χ2n) is 4.07. The number of benzene rings is 1. The number of pyridine rings is 1. The van der Waals surface area contributed by atoms with Gasteiger partial charge in [-0.3, -0.25) is 0 Å². The maximum atomic E-state index is 6.10. The summed E-state index contributed by atoms with van der Waals surface area (Å²) in [5, 5.41) is 3.28. The van der Waals surface area contributed by atoms with E-state index >= 15 is 0 Å². The second kappa shape index (κ2) is 5.46. The van der Waals surface area contributed by atoms with E-state index in [1.807, 2.05) is 49.4 Å². The van der Waals surface area contributed by atoms with E-state index in [1.165, 1.54) is 0 Å². The van der Waals surface area contributed by atoms with Crippen molar-refractivity contribution in [2.45, 2.75) is 13.0 Å². The molecular weight excluding hydrogens is 210 g/mol. The molecule has 1 atom stereocenters. The highest BCUT2D eigenvalue weighted by atomic mass is 15.0. The molecule has 17 heavy (non-hydrogen) atoms. The normalized spacial score (nSPS) is 12.1. The second-order valence-corrected chi connectivity index (χ2v) is 4.07. The van der Waals surface area contributed by atoms with E-state index < -0.39 is 0 Å². The molecule has 0 spiro atoms. The molecule has 0 aliphatic heterocycles. The van der Waals surface area contributed by atoms with Gasteiger partial charge in [-0.15, -0.1) is 0 Å². The molecule has 1 aromatic carbocycles. The van der Waals surface area contributed by atoms with E-state index in [1.54, 1.807) is 6.20 Å². The van der Waals surface area contributed by atoms with Crippen LogP contribution >= 0.6 is 0 Å². The lowest BCUT2D eigenvalue weighted by atomic mass is 10.1. The molecule has 0 radical (unpaired) electrons. The van der Waals surface area contributed by atoms with Crippen molar-refractivity contribution in [3.05, 3.63) is 59.8 Å². The van der Waals surface area contributed by atoms with Crippen LogP contribution in [0, 0.1) is 6.92 Å². The number of hydrogen-bond donors (Lipinski definition) is 2. The summed E-state index contributed by atoms with van der Waals surface area (Å²) in [5.41, 5.74) is 8.37. The number of nitrogens with two attached hydrogens (primary N) is 1. The van der Waals surface area contributed by atoms with Crippen LogP contribution in [-0.4, -0.2) is 11.5 Å².